The van der Waals surface area contributed by atoms with Crippen LogP contribution in [0.2, 0.25) is 0 Å². The predicted molar refractivity (Wildman–Crippen MR) is 128 cm³/mol. The zero-order chi connectivity index (χ0) is 23.0. The van der Waals surface area contributed by atoms with Crippen molar-refractivity contribution in [2.75, 3.05) is 13.2 Å². The fraction of sp³-hybridized carbons (Fsp3) is 0.440. The van der Waals surface area contributed by atoms with E-state index in [-0.39, 0.29) is 5.54 Å². The fourth-order valence-electron chi connectivity index (χ4n) is 4.60. The Hall–Kier alpha value is -3.10. The summed E-state index contributed by atoms with van der Waals surface area (Å²) in [5.74, 6) is 0.934. The summed E-state index contributed by atoms with van der Waals surface area (Å²) >= 11 is 0. The van der Waals surface area contributed by atoms with E-state index in [0.717, 1.165) is 72.4 Å². The van der Waals surface area contributed by atoms with E-state index in [1.165, 1.54) is 0 Å². The largest absolute Gasteiger partial charge is 0.381 e. The Labute approximate surface area is 194 Å². The zero-order valence-electron chi connectivity index (χ0n) is 19.7. The number of hydrogen-bond donors (Lipinski definition) is 1. The summed E-state index contributed by atoms with van der Waals surface area (Å²) in [7, 11) is 0. The van der Waals surface area contributed by atoms with Crippen LogP contribution in [0.1, 0.15) is 45.1 Å². The zero-order valence-corrected chi connectivity index (χ0v) is 19.7. The van der Waals surface area contributed by atoms with Crippen molar-refractivity contribution in [3.05, 3.63) is 54.4 Å². The number of ether oxygens (including phenoxy) is 1. The van der Waals surface area contributed by atoms with Crippen molar-refractivity contribution < 1.29 is 4.74 Å². The molecule has 0 atom stereocenters. The summed E-state index contributed by atoms with van der Waals surface area (Å²) in [6.45, 7) is 11.2. The molecule has 0 unspecified atom stereocenters. The van der Waals surface area contributed by atoms with Crippen molar-refractivity contribution in [1.82, 2.24) is 34.4 Å². The molecule has 1 fully saturated rings. The second-order valence-electron chi connectivity index (χ2n) is 9.69. The van der Waals surface area contributed by atoms with Gasteiger partial charge in [-0.25, -0.2) is 14.5 Å². The van der Waals surface area contributed by atoms with Gasteiger partial charge in [0.1, 0.15) is 12.2 Å². The highest BCUT2D eigenvalue weighted by atomic mass is 16.5. The van der Waals surface area contributed by atoms with Gasteiger partial charge in [-0.2, -0.15) is 5.10 Å². The maximum atomic E-state index is 5.62. The van der Waals surface area contributed by atoms with Crippen LogP contribution in [0.15, 0.2) is 42.9 Å². The Morgan fingerprint density at radius 1 is 1.12 bits per heavy atom. The molecular formula is C25H31N7O. The molecule has 4 aromatic rings. The van der Waals surface area contributed by atoms with Crippen molar-refractivity contribution in [1.29, 1.82) is 0 Å². The Kier molecular flexibility index (Phi) is 5.72. The Balaban J connectivity index is 1.57. The molecule has 1 saturated heterocycles. The molecule has 0 amide bonds. The number of aryl methyl sites for hydroxylation is 1. The first-order valence-electron chi connectivity index (χ1n) is 11.6. The lowest BCUT2D eigenvalue weighted by molar-refractivity contribution is -0.00853. The van der Waals surface area contributed by atoms with Gasteiger partial charge in [0.15, 0.2) is 5.65 Å². The van der Waals surface area contributed by atoms with Crippen LogP contribution in [0.3, 0.4) is 0 Å². The third kappa shape index (κ3) is 4.54. The van der Waals surface area contributed by atoms with Crippen LogP contribution >= 0.6 is 0 Å². The van der Waals surface area contributed by atoms with Crippen molar-refractivity contribution in [3.8, 4) is 22.6 Å². The standard InChI is InChI=1S/C25H31N7O/c1-17-6-5-7-20(28-17)24-23(18-8-9-22-26-16-27-32(22)14-18)29-21(30-24)15-31(25(2,3)4)19-10-12-33-13-11-19/h5-9,14,16,19H,10-13,15H2,1-4H3,(H,29,30). The molecule has 4 aromatic heterocycles. The highest BCUT2D eigenvalue weighted by molar-refractivity contribution is 5.77. The molecule has 8 heteroatoms. The highest BCUT2D eigenvalue weighted by Gasteiger charge is 2.31. The molecule has 172 valence electrons. The summed E-state index contributed by atoms with van der Waals surface area (Å²) < 4.78 is 7.40. The SMILES string of the molecule is Cc1cccc(-c2[nH]c(CN(C3CCOCC3)C(C)(C)C)nc2-c2ccc3ncnn3c2)n1. The van der Waals surface area contributed by atoms with Gasteiger partial charge in [-0.1, -0.05) is 6.07 Å². The number of fused-ring (bicyclic) bond motifs is 1. The van der Waals surface area contributed by atoms with Gasteiger partial charge >= 0.3 is 0 Å². The van der Waals surface area contributed by atoms with E-state index < -0.39 is 0 Å². The Morgan fingerprint density at radius 2 is 1.94 bits per heavy atom. The van der Waals surface area contributed by atoms with Crippen molar-refractivity contribution in [3.63, 3.8) is 0 Å². The first kappa shape index (κ1) is 21.7. The number of aromatic amines is 1. The molecule has 0 radical (unpaired) electrons. The lowest BCUT2D eigenvalue weighted by Gasteiger charge is -2.42. The lowest BCUT2D eigenvalue weighted by atomic mass is 9.98. The molecule has 1 aliphatic rings. The van der Waals surface area contributed by atoms with Crippen LogP contribution in [-0.4, -0.2) is 59.2 Å². The number of H-pyrrole nitrogens is 1. The molecule has 5 rings (SSSR count). The van der Waals surface area contributed by atoms with Gasteiger partial charge in [-0.15, -0.1) is 0 Å². The van der Waals surface area contributed by atoms with E-state index in [2.05, 4.69) is 40.7 Å². The second kappa shape index (κ2) is 8.68. The molecule has 33 heavy (non-hydrogen) atoms. The molecule has 0 bridgehead atoms. The number of aromatic nitrogens is 6. The van der Waals surface area contributed by atoms with Gasteiger partial charge in [-0.05, 0) is 64.8 Å². The highest BCUT2D eigenvalue weighted by Crippen LogP contribution is 2.31. The summed E-state index contributed by atoms with van der Waals surface area (Å²) in [4.78, 5) is 20.3. The third-order valence-electron chi connectivity index (χ3n) is 6.26. The van der Waals surface area contributed by atoms with Crippen LogP contribution in [-0.2, 0) is 11.3 Å². The summed E-state index contributed by atoms with van der Waals surface area (Å²) in [5, 5.41) is 4.30. The van der Waals surface area contributed by atoms with Crippen LogP contribution in [0.5, 0.6) is 0 Å². The molecule has 5 heterocycles. The molecule has 8 nitrogen and oxygen atoms in total. The number of hydrogen-bond acceptors (Lipinski definition) is 6. The Morgan fingerprint density at radius 3 is 2.70 bits per heavy atom. The molecule has 0 aliphatic carbocycles. The molecule has 1 aliphatic heterocycles. The van der Waals surface area contributed by atoms with Gasteiger partial charge in [0.25, 0.3) is 0 Å². The maximum Gasteiger partial charge on any atom is 0.155 e. The molecule has 0 aromatic carbocycles. The minimum absolute atomic E-state index is 0.0103. The number of imidazole rings is 1. The maximum absolute atomic E-state index is 5.62. The Bertz CT molecular complexity index is 1250. The van der Waals surface area contributed by atoms with Gasteiger partial charge in [0.05, 0.1) is 23.6 Å². The lowest BCUT2D eigenvalue weighted by Crippen LogP contribution is -2.49. The summed E-state index contributed by atoms with van der Waals surface area (Å²) in [6.07, 6.45) is 5.62. The van der Waals surface area contributed by atoms with Crippen LogP contribution in [0, 0.1) is 6.92 Å². The molecule has 1 N–H and O–H groups in total. The summed E-state index contributed by atoms with van der Waals surface area (Å²) in [6, 6.07) is 10.6. The number of pyridine rings is 2. The van der Waals surface area contributed by atoms with Gasteiger partial charge < -0.3 is 9.72 Å². The minimum atomic E-state index is 0.0103. The quantitative estimate of drug-likeness (QED) is 0.494. The van der Waals surface area contributed by atoms with Crippen molar-refractivity contribution in [2.24, 2.45) is 0 Å². The monoisotopic (exact) mass is 445 g/mol. The number of nitrogens with zero attached hydrogens (tertiary/aromatic N) is 6. The minimum Gasteiger partial charge on any atom is -0.381 e. The normalized spacial score (nSPS) is 15.5. The topological polar surface area (TPSA) is 84.2 Å². The van der Waals surface area contributed by atoms with Gasteiger partial charge in [0, 0.05) is 42.2 Å². The van der Waals surface area contributed by atoms with Crippen LogP contribution in [0.25, 0.3) is 28.3 Å². The molecular weight excluding hydrogens is 414 g/mol. The van der Waals surface area contributed by atoms with Gasteiger partial charge in [-0.3, -0.25) is 9.88 Å². The predicted octanol–water partition coefficient (Wildman–Crippen LogP) is 4.27. The van der Waals surface area contributed by atoms with Crippen molar-refractivity contribution >= 4 is 5.65 Å². The van der Waals surface area contributed by atoms with E-state index in [9.17, 15) is 0 Å². The molecule has 0 saturated carbocycles. The molecule has 0 spiro atoms. The van der Waals surface area contributed by atoms with Crippen molar-refractivity contribution in [2.45, 2.75) is 58.7 Å². The van der Waals surface area contributed by atoms with E-state index in [1.54, 1.807) is 10.8 Å². The average Bonchev–Trinajstić information content (AvgIpc) is 3.44. The average molecular weight is 446 g/mol. The van der Waals surface area contributed by atoms with Gasteiger partial charge in [0.2, 0.25) is 0 Å². The van der Waals surface area contributed by atoms with Crippen LogP contribution < -0.4 is 0 Å². The fourth-order valence-corrected chi connectivity index (χ4v) is 4.60. The van der Waals surface area contributed by atoms with E-state index in [0.29, 0.717) is 6.04 Å². The van der Waals surface area contributed by atoms with E-state index in [4.69, 9.17) is 14.7 Å². The summed E-state index contributed by atoms with van der Waals surface area (Å²) in [5.41, 5.74) is 5.45. The van der Waals surface area contributed by atoms with E-state index in [1.807, 2.05) is 43.5 Å². The second-order valence-corrected chi connectivity index (χ2v) is 9.69. The van der Waals surface area contributed by atoms with Crippen LogP contribution in [0.4, 0.5) is 0 Å². The number of nitrogens with one attached hydrogen (secondary N) is 1. The first-order valence-corrected chi connectivity index (χ1v) is 11.6. The third-order valence-corrected chi connectivity index (χ3v) is 6.26. The smallest absolute Gasteiger partial charge is 0.155 e. The first-order chi connectivity index (χ1) is 15.9. The number of rotatable bonds is 5. The van der Waals surface area contributed by atoms with E-state index >= 15 is 0 Å².